The summed E-state index contributed by atoms with van der Waals surface area (Å²) >= 11 is -2.45. The topological polar surface area (TPSA) is 0 Å². The molecule has 0 aromatic carbocycles. The summed E-state index contributed by atoms with van der Waals surface area (Å²) in [6, 6.07) is 0. The molecule has 0 heterocycles. The van der Waals surface area contributed by atoms with Gasteiger partial charge in [0.25, 0.3) is 0 Å². The molecule has 0 aliphatic carbocycles. The van der Waals surface area contributed by atoms with Crippen LogP contribution in [0.25, 0.3) is 0 Å². The maximum atomic E-state index is 6.69. The Balaban J connectivity index is -0.000000526. The van der Waals surface area contributed by atoms with Gasteiger partial charge in [-0.05, 0) is 0 Å². The summed E-state index contributed by atoms with van der Waals surface area (Å²) in [4.78, 5) is 0. The average Bonchev–Trinajstić information content (AvgIpc) is 2.39. The first-order valence-corrected chi connectivity index (χ1v) is 48.8. The number of halogens is 5. The zero-order valence-electron chi connectivity index (χ0n) is 25.4. The molecule has 0 nitrogen and oxygen atoms in total. The third kappa shape index (κ3) is 9.19. The molecule has 0 amide bonds. The van der Waals surface area contributed by atoms with Crippen LogP contribution in [0.3, 0.4) is 0 Å². The second kappa shape index (κ2) is 14.5. The van der Waals surface area contributed by atoms with Crippen LogP contribution in [-0.2, 0) is 0 Å². The molecule has 0 aromatic rings. The zero-order chi connectivity index (χ0) is 29.2. The van der Waals surface area contributed by atoms with Crippen molar-refractivity contribution in [3.05, 3.63) is 0 Å². The minimum atomic E-state index is -1.96. The Morgan fingerprint density at radius 2 is 0.441 bits per heavy atom. The fourth-order valence-corrected chi connectivity index (χ4v) is 140. The van der Waals surface area contributed by atoms with E-state index < -0.39 is 73.4 Å². The van der Waals surface area contributed by atoms with Gasteiger partial charge < -0.3 is 0 Å². The molecule has 0 saturated carbocycles. The van der Waals surface area contributed by atoms with E-state index in [9.17, 15) is 0 Å². The van der Waals surface area contributed by atoms with Crippen molar-refractivity contribution in [3.63, 3.8) is 0 Å². The van der Waals surface area contributed by atoms with E-state index in [4.69, 9.17) is 40.0 Å². The van der Waals surface area contributed by atoms with Gasteiger partial charge in [-0.1, -0.05) is 0 Å². The summed E-state index contributed by atoms with van der Waals surface area (Å²) in [6.07, 6.45) is 0. The standard InChI is InChI=1S/2C10H27Cl2GeSi3.ClGe/c2*1-14(2,3)10(13(11)12,15(4,5)6)16(7,8)9;1-2/h2*1-9H3;. The van der Waals surface area contributed by atoms with Gasteiger partial charge in [0.2, 0.25) is 0 Å². The Kier molecular flexibility index (Phi) is 18.3. The Labute approximate surface area is 259 Å². The average molecular weight is 858 g/mol. The Bertz CT molecular complexity index is 485. The first kappa shape index (κ1) is 42.8. The Morgan fingerprint density at radius 3 is 0.441 bits per heavy atom. The first-order valence-electron chi connectivity index (χ1n) is 11.9. The van der Waals surface area contributed by atoms with E-state index in [1.165, 1.54) is 15.6 Å². The molecular formula is C20H54Cl5Ge3Si6. The second-order valence-corrected chi connectivity index (χ2v) is 71.5. The van der Waals surface area contributed by atoms with Crippen molar-refractivity contribution in [1.82, 2.24) is 0 Å². The molecule has 0 rings (SSSR count). The Morgan fingerprint density at radius 1 is 0.353 bits per heavy atom. The molecule has 14 heteroatoms. The van der Waals surface area contributed by atoms with Crippen LogP contribution in [0.15, 0.2) is 0 Å². The van der Waals surface area contributed by atoms with Crippen molar-refractivity contribution in [2.75, 3.05) is 0 Å². The fraction of sp³-hybridized carbons (Fsp3) is 1.00. The van der Waals surface area contributed by atoms with Gasteiger partial charge in [-0.2, -0.15) is 0 Å². The van der Waals surface area contributed by atoms with Crippen molar-refractivity contribution in [2.24, 2.45) is 0 Å². The van der Waals surface area contributed by atoms with Gasteiger partial charge in [-0.15, -0.1) is 0 Å². The fourth-order valence-electron chi connectivity index (χ4n) is 8.45. The van der Waals surface area contributed by atoms with Crippen LogP contribution in [0.1, 0.15) is 0 Å². The van der Waals surface area contributed by atoms with Crippen LogP contribution in [0.2, 0.25) is 124 Å². The molecule has 205 valence electrons. The molecule has 0 saturated heterocycles. The number of rotatable bonds is 8. The van der Waals surface area contributed by atoms with Crippen LogP contribution in [0, 0.1) is 0 Å². The summed E-state index contributed by atoms with van der Waals surface area (Å²) in [5, 5.41) is 0. The molecule has 0 aliphatic heterocycles. The molecule has 34 heavy (non-hydrogen) atoms. The third-order valence-electron chi connectivity index (χ3n) is 7.32. The van der Waals surface area contributed by atoms with Gasteiger partial charge in [0.05, 0.1) is 0 Å². The van der Waals surface area contributed by atoms with Gasteiger partial charge in [-0.25, -0.2) is 0 Å². The van der Waals surface area contributed by atoms with E-state index in [1.54, 1.807) is 0 Å². The molecule has 5 radical (unpaired) electrons. The van der Waals surface area contributed by atoms with E-state index in [1.807, 2.05) is 0 Å². The molecular weight excluding hydrogens is 804 g/mol. The summed E-state index contributed by atoms with van der Waals surface area (Å²) < 4.78 is 0.853. The predicted octanol–water partition coefficient (Wildman–Crippen LogP) is 11.0. The summed E-state index contributed by atoms with van der Waals surface area (Å²) in [6.45, 7) is 44.8. The number of hydrogen-bond donors (Lipinski definition) is 0. The van der Waals surface area contributed by atoms with Crippen LogP contribution in [0.4, 0.5) is 0 Å². The van der Waals surface area contributed by atoms with E-state index in [2.05, 4.69) is 128 Å². The monoisotopic (exact) mass is 859 g/mol. The first-order chi connectivity index (χ1) is 14.4. The van der Waals surface area contributed by atoms with Crippen molar-refractivity contribution in [1.29, 1.82) is 0 Å². The molecule has 0 bridgehead atoms. The third-order valence-corrected chi connectivity index (χ3v) is 102. The van der Waals surface area contributed by atoms with Gasteiger partial charge in [0.1, 0.15) is 0 Å². The molecule has 0 atom stereocenters. The minimum absolute atomic E-state index is 0.427. The van der Waals surface area contributed by atoms with Crippen LogP contribution in [-0.4, -0.2) is 89.0 Å². The predicted molar refractivity (Wildman–Crippen MR) is 192 cm³/mol. The Hall–Kier alpha value is 4.38. The van der Waals surface area contributed by atoms with Crippen LogP contribution >= 0.6 is 50.0 Å². The maximum absolute atomic E-state index is 6.69. The molecule has 0 N–H and O–H groups in total. The quantitative estimate of drug-likeness (QED) is 0.213. The van der Waals surface area contributed by atoms with Gasteiger partial charge in [0.15, 0.2) is 0 Å². The van der Waals surface area contributed by atoms with Crippen molar-refractivity contribution < 1.29 is 0 Å². The van der Waals surface area contributed by atoms with E-state index in [0.29, 0.717) is 6.23 Å². The second-order valence-electron chi connectivity index (χ2n) is 15.5. The van der Waals surface area contributed by atoms with Crippen LogP contribution < -0.4 is 0 Å². The van der Waals surface area contributed by atoms with Gasteiger partial charge in [-0.3, -0.25) is 0 Å². The van der Waals surface area contributed by atoms with E-state index in [-0.39, 0.29) is 0 Å². The van der Waals surface area contributed by atoms with Gasteiger partial charge in [0, 0.05) is 0 Å². The molecule has 0 spiro atoms. The molecule has 0 aliphatic rings. The molecule has 0 unspecified atom stereocenters. The summed E-state index contributed by atoms with van der Waals surface area (Å²) in [5.41, 5.74) is 0. The summed E-state index contributed by atoms with van der Waals surface area (Å²) in [5.74, 6) is 0. The van der Waals surface area contributed by atoms with Crippen molar-refractivity contribution in [3.8, 4) is 0 Å². The van der Waals surface area contributed by atoms with E-state index >= 15 is 0 Å². The SMILES string of the molecule is C[Si](C)(C)[C]([Ge]([Cl])[Cl])([Si](C)(C)C)[Si](C)(C)C.C[Si](C)(C)[C]([Ge]([Cl])[Cl])([Si](C)(C)C)[Si](C)(C)C.[Cl][Ge]. The van der Waals surface area contributed by atoms with Crippen LogP contribution in [0.5, 0.6) is 0 Å². The van der Waals surface area contributed by atoms with Crippen molar-refractivity contribution in [2.45, 2.75) is 124 Å². The zero-order valence-corrected chi connectivity index (χ0v) is 41.5. The number of hydrogen-bond acceptors (Lipinski definition) is 0. The molecule has 0 fully saturated rings. The van der Waals surface area contributed by atoms with Gasteiger partial charge >= 0.3 is 263 Å². The van der Waals surface area contributed by atoms with E-state index in [0.717, 1.165) is 0 Å². The van der Waals surface area contributed by atoms with Crippen molar-refractivity contribution >= 4 is 139 Å². The summed E-state index contributed by atoms with van der Waals surface area (Å²) in [7, 11) is 23.4. The normalized spacial score (nSPS) is 15.0. The molecule has 0 aromatic heterocycles.